The van der Waals surface area contributed by atoms with E-state index in [1.54, 1.807) is 0 Å². The third kappa shape index (κ3) is 3.17. The normalized spacial score (nSPS) is 9.38. The van der Waals surface area contributed by atoms with Crippen LogP contribution in [0, 0.1) is 0 Å². The molecule has 1 rings (SSSR count). The topological polar surface area (TPSA) is 12.0 Å². The third-order valence-electron chi connectivity index (χ3n) is 1.52. The average Bonchev–Trinajstić information content (AvgIpc) is 2.04. The van der Waals surface area contributed by atoms with E-state index in [4.69, 9.17) is 23.8 Å². The highest BCUT2D eigenvalue weighted by atomic mass is 35.5. The number of hydrogen-bond acceptors (Lipinski definition) is 1. The standard InChI is InChI=1S/C10H10ClNS/c1-7(12-8(2)13)9-3-5-10(11)6-4-9/h3-6H,1H2,2H3,(H,12,13). The molecule has 1 N–H and O–H groups in total. The number of rotatable bonds is 2. The summed E-state index contributed by atoms with van der Waals surface area (Å²) in [6, 6.07) is 7.44. The number of thiocarbonyl (C=S) groups is 1. The molecule has 0 amide bonds. The zero-order chi connectivity index (χ0) is 9.84. The van der Waals surface area contributed by atoms with Crippen molar-refractivity contribution in [2.24, 2.45) is 0 Å². The Kier molecular flexibility index (Phi) is 3.46. The Balaban J connectivity index is 2.78. The minimum absolute atomic E-state index is 0.708. The summed E-state index contributed by atoms with van der Waals surface area (Å²) in [7, 11) is 0. The van der Waals surface area contributed by atoms with E-state index in [1.165, 1.54) is 0 Å². The predicted molar refractivity (Wildman–Crippen MR) is 61.9 cm³/mol. The SMILES string of the molecule is C=C(NC(C)=S)c1ccc(Cl)cc1. The molecule has 0 heterocycles. The van der Waals surface area contributed by atoms with E-state index in [0.29, 0.717) is 4.99 Å². The van der Waals surface area contributed by atoms with Gasteiger partial charge in [-0.2, -0.15) is 0 Å². The van der Waals surface area contributed by atoms with E-state index in [2.05, 4.69) is 11.9 Å². The summed E-state index contributed by atoms with van der Waals surface area (Å²) >= 11 is 10.6. The quantitative estimate of drug-likeness (QED) is 0.754. The Morgan fingerprint density at radius 3 is 2.38 bits per heavy atom. The minimum atomic E-state index is 0.708. The average molecular weight is 212 g/mol. The first-order chi connectivity index (χ1) is 6.09. The summed E-state index contributed by atoms with van der Waals surface area (Å²) in [5.74, 6) is 0. The Bertz CT molecular complexity index is 329. The van der Waals surface area contributed by atoms with E-state index in [1.807, 2.05) is 31.2 Å². The lowest BCUT2D eigenvalue weighted by atomic mass is 10.2. The summed E-state index contributed by atoms with van der Waals surface area (Å²) < 4.78 is 0. The molecule has 0 spiro atoms. The van der Waals surface area contributed by atoms with Gasteiger partial charge < -0.3 is 5.32 Å². The van der Waals surface area contributed by atoms with Crippen molar-refractivity contribution in [3.05, 3.63) is 41.4 Å². The van der Waals surface area contributed by atoms with Crippen LogP contribution in [0.5, 0.6) is 0 Å². The van der Waals surface area contributed by atoms with Gasteiger partial charge in [-0.25, -0.2) is 0 Å². The number of hydrogen-bond donors (Lipinski definition) is 1. The van der Waals surface area contributed by atoms with Crippen molar-refractivity contribution >= 4 is 34.5 Å². The van der Waals surface area contributed by atoms with E-state index < -0.39 is 0 Å². The smallest absolute Gasteiger partial charge is 0.0765 e. The molecule has 3 heteroatoms. The summed E-state index contributed by atoms with van der Waals surface area (Å²) in [4.78, 5) is 0.708. The Labute approximate surface area is 88.4 Å². The molecule has 68 valence electrons. The largest absolute Gasteiger partial charge is 0.350 e. The molecular formula is C10H10ClNS. The van der Waals surface area contributed by atoms with Crippen molar-refractivity contribution in [3.63, 3.8) is 0 Å². The fourth-order valence-corrected chi connectivity index (χ4v) is 1.18. The molecule has 0 saturated carbocycles. The lowest BCUT2D eigenvalue weighted by Crippen LogP contribution is -2.15. The summed E-state index contributed by atoms with van der Waals surface area (Å²) in [5.41, 5.74) is 1.79. The molecule has 13 heavy (non-hydrogen) atoms. The Morgan fingerprint density at radius 2 is 1.92 bits per heavy atom. The summed E-state index contributed by atoms with van der Waals surface area (Å²) in [5, 5.41) is 3.69. The highest BCUT2D eigenvalue weighted by molar-refractivity contribution is 7.80. The third-order valence-corrected chi connectivity index (χ3v) is 1.87. The molecule has 0 fully saturated rings. The number of nitrogens with one attached hydrogen (secondary N) is 1. The second-order valence-corrected chi connectivity index (χ2v) is 3.72. The number of halogens is 1. The van der Waals surface area contributed by atoms with Crippen molar-refractivity contribution in [1.29, 1.82) is 0 Å². The Morgan fingerprint density at radius 1 is 1.38 bits per heavy atom. The van der Waals surface area contributed by atoms with Gasteiger partial charge in [0.05, 0.1) is 4.99 Å². The zero-order valence-corrected chi connectivity index (χ0v) is 8.88. The van der Waals surface area contributed by atoms with Crippen LogP contribution in [-0.2, 0) is 0 Å². The van der Waals surface area contributed by atoms with Crippen LogP contribution in [0.4, 0.5) is 0 Å². The van der Waals surface area contributed by atoms with Crippen molar-refractivity contribution in [3.8, 4) is 0 Å². The van der Waals surface area contributed by atoms with E-state index in [9.17, 15) is 0 Å². The maximum Gasteiger partial charge on any atom is 0.0765 e. The first kappa shape index (κ1) is 10.2. The lowest BCUT2D eigenvalue weighted by molar-refractivity contribution is 1.32. The molecule has 0 unspecified atom stereocenters. The molecule has 0 radical (unpaired) electrons. The molecule has 0 saturated heterocycles. The van der Waals surface area contributed by atoms with Gasteiger partial charge in [0, 0.05) is 10.7 Å². The molecule has 0 aromatic heterocycles. The van der Waals surface area contributed by atoms with Gasteiger partial charge >= 0.3 is 0 Å². The molecule has 0 bridgehead atoms. The maximum absolute atomic E-state index is 5.75. The molecule has 0 atom stereocenters. The number of benzene rings is 1. The fourth-order valence-electron chi connectivity index (χ4n) is 0.936. The van der Waals surface area contributed by atoms with Gasteiger partial charge in [-0.15, -0.1) is 0 Å². The maximum atomic E-state index is 5.75. The Hall–Kier alpha value is -0.860. The molecule has 0 aliphatic heterocycles. The van der Waals surface area contributed by atoms with Gasteiger partial charge in [0.1, 0.15) is 0 Å². The first-order valence-electron chi connectivity index (χ1n) is 3.82. The van der Waals surface area contributed by atoms with Crippen LogP contribution in [-0.4, -0.2) is 4.99 Å². The first-order valence-corrected chi connectivity index (χ1v) is 4.60. The van der Waals surface area contributed by atoms with Crippen LogP contribution < -0.4 is 5.32 Å². The van der Waals surface area contributed by atoms with E-state index in [0.717, 1.165) is 16.3 Å². The zero-order valence-electron chi connectivity index (χ0n) is 7.30. The van der Waals surface area contributed by atoms with Crippen LogP contribution in [0.15, 0.2) is 30.8 Å². The summed E-state index contributed by atoms with van der Waals surface area (Å²) in [6.45, 7) is 5.67. The van der Waals surface area contributed by atoms with Gasteiger partial charge in [-0.1, -0.05) is 42.5 Å². The van der Waals surface area contributed by atoms with Crippen molar-refractivity contribution in [1.82, 2.24) is 5.32 Å². The predicted octanol–water partition coefficient (Wildman–Crippen LogP) is 3.25. The molecule has 0 aliphatic carbocycles. The highest BCUT2D eigenvalue weighted by Gasteiger charge is 1.97. The molecular weight excluding hydrogens is 202 g/mol. The molecule has 1 aromatic rings. The van der Waals surface area contributed by atoms with Crippen LogP contribution in [0.1, 0.15) is 12.5 Å². The van der Waals surface area contributed by atoms with Crippen LogP contribution in [0.2, 0.25) is 5.02 Å². The van der Waals surface area contributed by atoms with Gasteiger partial charge in [0.25, 0.3) is 0 Å². The molecule has 0 aliphatic rings. The molecule has 1 aromatic carbocycles. The van der Waals surface area contributed by atoms with Crippen molar-refractivity contribution in [2.45, 2.75) is 6.92 Å². The van der Waals surface area contributed by atoms with Crippen LogP contribution >= 0.6 is 23.8 Å². The monoisotopic (exact) mass is 211 g/mol. The van der Waals surface area contributed by atoms with Gasteiger partial charge in [-0.3, -0.25) is 0 Å². The minimum Gasteiger partial charge on any atom is -0.350 e. The van der Waals surface area contributed by atoms with Crippen LogP contribution in [0.3, 0.4) is 0 Å². The van der Waals surface area contributed by atoms with E-state index >= 15 is 0 Å². The fraction of sp³-hybridized carbons (Fsp3) is 0.100. The highest BCUT2D eigenvalue weighted by Crippen LogP contribution is 2.14. The summed E-state index contributed by atoms with van der Waals surface area (Å²) in [6.07, 6.45) is 0. The van der Waals surface area contributed by atoms with Crippen LogP contribution in [0.25, 0.3) is 5.70 Å². The second-order valence-electron chi connectivity index (χ2n) is 2.67. The van der Waals surface area contributed by atoms with Gasteiger partial charge in [0.2, 0.25) is 0 Å². The molecule has 1 nitrogen and oxygen atoms in total. The van der Waals surface area contributed by atoms with Gasteiger partial charge in [0.15, 0.2) is 0 Å². The van der Waals surface area contributed by atoms with Gasteiger partial charge in [-0.05, 0) is 24.6 Å². The lowest BCUT2D eigenvalue weighted by Gasteiger charge is -2.07. The van der Waals surface area contributed by atoms with Crippen molar-refractivity contribution in [2.75, 3.05) is 0 Å². The van der Waals surface area contributed by atoms with Crippen molar-refractivity contribution < 1.29 is 0 Å². The second kappa shape index (κ2) is 4.40. The van der Waals surface area contributed by atoms with E-state index in [-0.39, 0.29) is 0 Å².